The molecule has 1 fully saturated rings. The van der Waals surface area contributed by atoms with Crippen LogP contribution in [0.15, 0.2) is 90.4 Å². The molecule has 3 aliphatic rings. The molecule has 0 spiro atoms. The zero-order valence-corrected chi connectivity index (χ0v) is 21.3. The Morgan fingerprint density at radius 1 is 1.03 bits per heavy atom. The topological polar surface area (TPSA) is 51.7 Å². The second-order valence-corrected chi connectivity index (χ2v) is 10.4. The van der Waals surface area contributed by atoms with Crippen LogP contribution in [0.1, 0.15) is 20.8 Å². The van der Waals surface area contributed by atoms with Gasteiger partial charge in [-0.15, -0.1) is 11.3 Å². The molecule has 0 radical (unpaired) electrons. The molecule has 3 aromatic rings. The van der Waals surface area contributed by atoms with Gasteiger partial charge in [-0.1, -0.05) is 60.1 Å². The fourth-order valence-corrected chi connectivity index (χ4v) is 5.62. The van der Waals surface area contributed by atoms with Crippen molar-refractivity contribution in [3.05, 3.63) is 111 Å². The van der Waals surface area contributed by atoms with Crippen LogP contribution in [0.3, 0.4) is 0 Å². The molecule has 4 heterocycles. The van der Waals surface area contributed by atoms with Crippen molar-refractivity contribution in [2.24, 2.45) is 0 Å². The molecule has 0 bridgehead atoms. The third-order valence-electron chi connectivity index (χ3n) is 6.84. The zero-order valence-electron chi connectivity index (χ0n) is 19.7. The average Bonchev–Trinajstić information content (AvgIpc) is 3.58. The lowest BCUT2D eigenvalue weighted by Crippen LogP contribution is -2.49. The van der Waals surface area contributed by atoms with Crippen LogP contribution in [0, 0.1) is 0 Å². The van der Waals surface area contributed by atoms with Crippen LogP contribution in [0.4, 0.5) is 0 Å². The Bertz CT molecular complexity index is 1330. The second-order valence-electron chi connectivity index (χ2n) is 9.07. The van der Waals surface area contributed by atoms with Gasteiger partial charge in [0.1, 0.15) is 11.0 Å². The number of rotatable bonds is 5. The van der Waals surface area contributed by atoms with Gasteiger partial charge < -0.3 is 15.1 Å². The minimum atomic E-state index is 0.0623. The molecule has 0 aliphatic carbocycles. The van der Waals surface area contributed by atoms with E-state index in [1.807, 2.05) is 23.1 Å². The molecule has 3 aliphatic heterocycles. The van der Waals surface area contributed by atoms with E-state index in [0.717, 1.165) is 35.9 Å². The predicted molar refractivity (Wildman–Crippen MR) is 145 cm³/mol. The second kappa shape index (κ2) is 9.93. The van der Waals surface area contributed by atoms with E-state index >= 15 is 0 Å². The van der Waals surface area contributed by atoms with Crippen LogP contribution in [-0.2, 0) is 0 Å². The van der Waals surface area contributed by atoms with Crippen molar-refractivity contribution in [3.63, 3.8) is 0 Å². The van der Waals surface area contributed by atoms with Crippen molar-refractivity contribution in [1.82, 2.24) is 25.0 Å². The summed E-state index contributed by atoms with van der Waals surface area (Å²) in [6, 6.07) is 18.5. The Hall–Kier alpha value is -3.39. The highest BCUT2D eigenvalue weighted by molar-refractivity contribution is 7.11. The van der Waals surface area contributed by atoms with Gasteiger partial charge in [0.2, 0.25) is 0 Å². The van der Waals surface area contributed by atoms with Crippen molar-refractivity contribution in [3.8, 4) is 0 Å². The fraction of sp³-hybridized carbons (Fsp3) is 0.214. The van der Waals surface area contributed by atoms with Gasteiger partial charge in [-0.05, 0) is 34.9 Å². The normalized spacial score (nSPS) is 19.8. The standard InChI is InChI=1S/C28H26ClN5OS/c29-23-9-6-21(7-10-23)27-24(18-32-12-14-33(15-13-32)28(35)25-16-30-19-36-25)34-17-22(8-11-26(34)31-27)20-4-2-1-3-5-20/h1-11,16-17,19,26,31H,12-15,18H2. The summed E-state index contributed by atoms with van der Waals surface area (Å²) < 4.78 is 0. The van der Waals surface area contributed by atoms with E-state index in [2.05, 4.69) is 74.9 Å². The van der Waals surface area contributed by atoms with E-state index in [1.165, 1.54) is 28.2 Å². The van der Waals surface area contributed by atoms with Crippen molar-refractivity contribution < 1.29 is 4.79 Å². The predicted octanol–water partition coefficient (Wildman–Crippen LogP) is 4.77. The number of carbonyl (C=O) groups is 1. The number of aromatic nitrogens is 1. The van der Waals surface area contributed by atoms with Gasteiger partial charge in [-0.2, -0.15) is 0 Å². The minimum Gasteiger partial charge on any atom is -0.360 e. The third-order valence-corrected chi connectivity index (χ3v) is 7.86. The number of thiazole rings is 1. The minimum absolute atomic E-state index is 0.0623. The number of nitrogens with zero attached hydrogens (tertiary/aromatic N) is 4. The number of allylic oxidation sites excluding steroid dienone is 2. The highest BCUT2D eigenvalue weighted by Crippen LogP contribution is 2.34. The summed E-state index contributed by atoms with van der Waals surface area (Å²) in [6.07, 6.45) is 8.38. The zero-order chi connectivity index (χ0) is 24.5. The molecule has 1 saturated heterocycles. The smallest absolute Gasteiger partial charge is 0.265 e. The highest BCUT2D eigenvalue weighted by atomic mass is 35.5. The van der Waals surface area contributed by atoms with Crippen molar-refractivity contribution in [1.29, 1.82) is 0 Å². The molecule has 8 heteroatoms. The molecule has 1 aromatic heterocycles. The first kappa shape index (κ1) is 23.0. The Morgan fingerprint density at radius 2 is 1.81 bits per heavy atom. The maximum atomic E-state index is 12.8. The summed E-state index contributed by atoms with van der Waals surface area (Å²) in [5, 5.41) is 4.45. The lowest BCUT2D eigenvalue weighted by atomic mass is 10.0. The molecule has 1 N–H and O–H groups in total. The summed E-state index contributed by atoms with van der Waals surface area (Å²) in [7, 11) is 0. The molecule has 6 nitrogen and oxygen atoms in total. The molecule has 1 atom stereocenters. The molecule has 2 aromatic carbocycles. The maximum Gasteiger partial charge on any atom is 0.265 e. The third kappa shape index (κ3) is 4.57. The van der Waals surface area contributed by atoms with Crippen LogP contribution in [0.2, 0.25) is 5.02 Å². The molecule has 1 amide bonds. The van der Waals surface area contributed by atoms with E-state index in [9.17, 15) is 4.79 Å². The Labute approximate surface area is 219 Å². The van der Waals surface area contributed by atoms with Crippen molar-refractivity contribution in [2.45, 2.75) is 6.17 Å². The van der Waals surface area contributed by atoms with Crippen LogP contribution >= 0.6 is 22.9 Å². The van der Waals surface area contributed by atoms with Crippen LogP contribution in [-0.4, -0.2) is 64.5 Å². The van der Waals surface area contributed by atoms with Gasteiger partial charge in [0.05, 0.1) is 23.1 Å². The first-order valence-corrected chi connectivity index (χ1v) is 13.3. The van der Waals surface area contributed by atoms with Crippen molar-refractivity contribution >= 4 is 40.1 Å². The lowest BCUT2D eigenvalue weighted by molar-refractivity contribution is 0.0647. The van der Waals surface area contributed by atoms with Crippen LogP contribution in [0.5, 0.6) is 0 Å². The van der Waals surface area contributed by atoms with Crippen LogP contribution in [0.25, 0.3) is 11.3 Å². The molecule has 6 rings (SSSR count). The Balaban J connectivity index is 1.26. The van der Waals surface area contributed by atoms with Gasteiger partial charge >= 0.3 is 0 Å². The SMILES string of the molecule is O=C(c1cncs1)N1CCN(CC2=C(c3ccc(Cl)cc3)NC3C=CC(c4ccccc4)=CN23)CC1. The quantitative estimate of drug-likeness (QED) is 0.530. The number of nitrogens with one attached hydrogen (secondary N) is 1. The number of piperazine rings is 1. The summed E-state index contributed by atoms with van der Waals surface area (Å²) >= 11 is 7.58. The lowest BCUT2D eigenvalue weighted by Gasteiger charge is -2.36. The van der Waals surface area contributed by atoms with Crippen molar-refractivity contribution in [2.75, 3.05) is 32.7 Å². The molecule has 182 valence electrons. The Morgan fingerprint density at radius 3 is 2.53 bits per heavy atom. The molecule has 1 unspecified atom stereocenters. The maximum absolute atomic E-state index is 12.8. The first-order chi connectivity index (χ1) is 17.7. The van der Waals surface area contributed by atoms with E-state index < -0.39 is 0 Å². The average molecular weight is 516 g/mol. The first-order valence-electron chi connectivity index (χ1n) is 12.1. The number of hydrogen-bond donors (Lipinski definition) is 1. The summed E-state index contributed by atoms with van der Waals surface area (Å²) in [4.78, 5) is 24.2. The summed E-state index contributed by atoms with van der Waals surface area (Å²) in [5.74, 6) is 0.0809. The largest absolute Gasteiger partial charge is 0.360 e. The van der Waals surface area contributed by atoms with Gasteiger partial charge in [0.25, 0.3) is 5.91 Å². The summed E-state index contributed by atoms with van der Waals surface area (Å²) in [5.41, 5.74) is 7.55. The van der Waals surface area contributed by atoms with Gasteiger partial charge in [0, 0.05) is 43.9 Å². The monoisotopic (exact) mass is 515 g/mol. The number of fused-ring (bicyclic) bond motifs is 1. The number of halogens is 1. The van der Waals surface area contributed by atoms with Gasteiger partial charge in [0.15, 0.2) is 0 Å². The molecular weight excluding hydrogens is 490 g/mol. The van der Waals surface area contributed by atoms with Crippen LogP contribution < -0.4 is 5.32 Å². The fourth-order valence-electron chi connectivity index (χ4n) is 4.91. The molecule has 36 heavy (non-hydrogen) atoms. The summed E-state index contributed by atoms with van der Waals surface area (Å²) in [6.45, 7) is 3.86. The van der Waals surface area contributed by atoms with E-state index in [0.29, 0.717) is 18.0 Å². The van der Waals surface area contributed by atoms with E-state index in [-0.39, 0.29) is 12.1 Å². The van der Waals surface area contributed by atoms with Gasteiger partial charge in [-0.25, -0.2) is 0 Å². The number of hydrogen-bond acceptors (Lipinski definition) is 6. The Kier molecular flexibility index (Phi) is 6.35. The number of benzene rings is 2. The highest BCUT2D eigenvalue weighted by Gasteiger charge is 2.33. The number of amides is 1. The molecular formula is C28H26ClN5OS. The number of carbonyl (C=O) groups excluding carboxylic acids is 1. The van der Waals surface area contributed by atoms with Gasteiger partial charge in [-0.3, -0.25) is 14.7 Å². The molecule has 0 saturated carbocycles. The van der Waals surface area contributed by atoms with E-state index in [4.69, 9.17) is 11.6 Å². The van der Waals surface area contributed by atoms with E-state index in [1.54, 1.807) is 11.7 Å².